The summed E-state index contributed by atoms with van der Waals surface area (Å²) in [4.78, 5) is 25.7. The smallest absolute Gasteiger partial charge is 0.409 e. The zero-order valence-electron chi connectivity index (χ0n) is 18.7. The second-order valence-corrected chi connectivity index (χ2v) is 10.7. The number of hydrogen-bond acceptors (Lipinski definition) is 6. The van der Waals surface area contributed by atoms with Crippen molar-refractivity contribution in [2.75, 3.05) is 0 Å². The van der Waals surface area contributed by atoms with Gasteiger partial charge in [-0.2, -0.15) is 0 Å². The average Bonchev–Trinajstić information content (AvgIpc) is 2.64. The molecule has 2 rings (SSSR count). The van der Waals surface area contributed by atoms with E-state index in [0.29, 0.717) is 10.0 Å². The van der Waals surface area contributed by atoms with Gasteiger partial charge in [0.2, 0.25) is 0 Å². The van der Waals surface area contributed by atoms with Gasteiger partial charge >= 0.3 is 12.2 Å². The number of rotatable bonds is 7. The summed E-state index contributed by atoms with van der Waals surface area (Å²) in [7, 11) is 2.94. The van der Waals surface area contributed by atoms with Crippen LogP contribution in [0.4, 0.5) is 9.59 Å². The zero-order valence-corrected chi connectivity index (χ0v) is 21.8. The highest BCUT2D eigenvalue weighted by Gasteiger charge is 2.16. The van der Waals surface area contributed by atoms with E-state index < -0.39 is 12.2 Å². The number of amides is 2. The zero-order chi connectivity index (χ0) is 24.0. The summed E-state index contributed by atoms with van der Waals surface area (Å²) in [6.45, 7) is 11.2. The normalized spacial score (nSPS) is 10.9. The number of carbonyl (C=O) groups excluding carboxylic acids is 2. The van der Waals surface area contributed by atoms with E-state index in [0.717, 1.165) is 20.9 Å². The minimum absolute atomic E-state index is 0.0527. The van der Waals surface area contributed by atoms with E-state index in [2.05, 4.69) is 10.6 Å². The van der Waals surface area contributed by atoms with E-state index in [1.807, 2.05) is 41.5 Å². The van der Waals surface area contributed by atoms with E-state index >= 15 is 0 Å². The highest BCUT2D eigenvalue weighted by molar-refractivity contribution is 8.76. The highest BCUT2D eigenvalue weighted by Crippen LogP contribution is 2.45. The Hall–Kier alpha value is -1.74. The Bertz CT molecular complexity index is 921. The first-order valence-corrected chi connectivity index (χ1v) is 12.8. The van der Waals surface area contributed by atoms with Crippen molar-refractivity contribution in [3.05, 3.63) is 45.4 Å². The number of carbonyl (C=O) groups is 2. The molecule has 0 atom stereocenters. The summed E-state index contributed by atoms with van der Waals surface area (Å²) < 4.78 is 10.7. The number of halogens is 2. The van der Waals surface area contributed by atoms with Gasteiger partial charge in [0.15, 0.2) is 11.5 Å². The minimum Gasteiger partial charge on any atom is -0.409 e. The second kappa shape index (κ2) is 11.9. The van der Waals surface area contributed by atoms with Crippen LogP contribution in [0.25, 0.3) is 0 Å². The van der Waals surface area contributed by atoms with Crippen molar-refractivity contribution in [3.8, 4) is 11.5 Å². The Morgan fingerprint density at radius 1 is 0.750 bits per heavy atom. The first kappa shape index (κ1) is 26.5. The maximum absolute atomic E-state index is 12.0. The second-order valence-electron chi connectivity index (χ2n) is 7.64. The molecule has 2 aromatic carbocycles. The number of hydrogen-bond donors (Lipinski definition) is 2. The van der Waals surface area contributed by atoms with Gasteiger partial charge in [-0.25, -0.2) is 9.59 Å². The Kier molecular flexibility index (Phi) is 9.88. The van der Waals surface area contributed by atoms with E-state index in [1.54, 1.807) is 24.3 Å². The van der Waals surface area contributed by atoms with E-state index in [-0.39, 0.29) is 23.6 Å². The van der Waals surface area contributed by atoms with Crippen LogP contribution in [0.3, 0.4) is 0 Å². The van der Waals surface area contributed by atoms with Gasteiger partial charge in [-0.3, -0.25) is 0 Å². The van der Waals surface area contributed by atoms with Crippen molar-refractivity contribution < 1.29 is 19.1 Å². The predicted molar refractivity (Wildman–Crippen MR) is 133 cm³/mol. The Morgan fingerprint density at radius 3 is 1.41 bits per heavy atom. The van der Waals surface area contributed by atoms with Crippen molar-refractivity contribution in [1.29, 1.82) is 0 Å². The van der Waals surface area contributed by atoms with Crippen LogP contribution in [0.1, 0.15) is 38.8 Å². The molecule has 10 heteroatoms. The Labute approximate surface area is 206 Å². The fourth-order valence-corrected chi connectivity index (χ4v) is 5.42. The molecule has 0 aliphatic carbocycles. The maximum atomic E-state index is 12.0. The van der Waals surface area contributed by atoms with Crippen molar-refractivity contribution >= 4 is 57.0 Å². The molecule has 0 aliphatic heterocycles. The maximum Gasteiger partial charge on any atom is 0.412 e. The van der Waals surface area contributed by atoms with Gasteiger partial charge in [0.1, 0.15) is 0 Å². The van der Waals surface area contributed by atoms with Gasteiger partial charge in [-0.05, 0) is 76.9 Å². The summed E-state index contributed by atoms with van der Waals surface area (Å²) in [5.41, 5.74) is 1.87. The van der Waals surface area contributed by atoms with Crippen LogP contribution in [0.2, 0.25) is 10.0 Å². The number of benzene rings is 2. The topological polar surface area (TPSA) is 76.7 Å². The summed E-state index contributed by atoms with van der Waals surface area (Å²) in [6.07, 6.45) is -1.13. The average molecular weight is 518 g/mol. The van der Waals surface area contributed by atoms with Gasteiger partial charge in [-0.15, -0.1) is 0 Å². The summed E-state index contributed by atoms with van der Waals surface area (Å²) in [6, 6.07) is 6.86. The fourth-order valence-electron chi connectivity index (χ4n) is 2.42. The molecule has 0 saturated carbocycles. The van der Waals surface area contributed by atoms with Crippen molar-refractivity contribution in [2.45, 2.75) is 63.4 Å². The lowest BCUT2D eigenvalue weighted by atomic mass is 10.2. The molecule has 2 amide bonds. The third-order valence-corrected chi connectivity index (χ3v) is 7.14. The SMILES string of the molecule is Cc1cc(Cl)c(OC(=O)NC(C)C)cc1SSc1cc(OC(=O)NC(C)C)c(Cl)cc1C. The van der Waals surface area contributed by atoms with Crippen LogP contribution in [-0.2, 0) is 0 Å². The van der Waals surface area contributed by atoms with Crippen molar-refractivity contribution in [2.24, 2.45) is 0 Å². The van der Waals surface area contributed by atoms with Gasteiger partial charge in [0.25, 0.3) is 0 Å². The molecule has 2 N–H and O–H groups in total. The van der Waals surface area contributed by atoms with E-state index in [4.69, 9.17) is 32.7 Å². The summed E-state index contributed by atoms with van der Waals surface area (Å²) in [5.74, 6) is 0.557. The first-order valence-electron chi connectivity index (χ1n) is 9.87. The molecule has 0 heterocycles. The monoisotopic (exact) mass is 516 g/mol. The lowest BCUT2D eigenvalue weighted by Gasteiger charge is -2.14. The molecule has 0 saturated heterocycles. The number of aryl methyl sites for hydroxylation is 2. The van der Waals surface area contributed by atoms with Crippen molar-refractivity contribution in [1.82, 2.24) is 10.6 Å². The number of nitrogens with one attached hydrogen (secondary N) is 2. The van der Waals surface area contributed by atoms with E-state index in [9.17, 15) is 9.59 Å². The molecule has 6 nitrogen and oxygen atoms in total. The van der Waals surface area contributed by atoms with Crippen LogP contribution in [-0.4, -0.2) is 24.3 Å². The summed E-state index contributed by atoms with van der Waals surface area (Å²) >= 11 is 12.5. The predicted octanol–water partition coefficient (Wildman–Crippen LogP) is 7.40. The highest BCUT2D eigenvalue weighted by atomic mass is 35.5. The van der Waals surface area contributed by atoms with Gasteiger partial charge < -0.3 is 20.1 Å². The fraction of sp³-hybridized carbons (Fsp3) is 0.364. The quantitative estimate of drug-likeness (QED) is 0.373. The van der Waals surface area contributed by atoms with Crippen LogP contribution in [0, 0.1) is 13.8 Å². The molecule has 0 aliphatic rings. The third-order valence-electron chi connectivity index (χ3n) is 3.90. The Balaban J connectivity index is 2.18. The molecule has 0 unspecified atom stereocenters. The molecular weight excluding hydrogens is 491 g/mol. The van der Waals surface area contributed by atoms with Gasteiger partial charge in [-0.1, -0.05) is 44.8 Å². The van der Waals surface area contributed by atoms with Gasteiger partial charge in [0.05, 0.1) is 10.0 Å². The van der Waals surface area contributed by atoms with Crippen LogP contribution >= 0.6 is 44.8 Å². The summed E-state index contributed by atoms with van der Waals surface area (Å²) in [5, 5.41) is 6.04. The molecule has 32 heavy (non-hydrogen) atoms. The van der Waals surface area contributed by atoms with Gasteiger partial charge in [0, 0.05) is 21.9 Å². The molecule has 0 fully saturated rings. The molecule has 174 valence electrons. The van der Waals surface area contributed by atoms with Crippen LogP contribution in [0.15, 0.2) is 34.1 Å². The molecule has 0 radical (unpaired) electrons. The van der Waals surface area contributed by atoms with Crippen molar-refractivity contribution in [3.63, 3.8) is 0 Å². The lowest BCUT2D eigenvalue weighted by Crippen LogP contribution is -2.32. The molecular formula is C22H26Cl2N2O4S2. The molecule has 0 bridgehead atoms. The standard InChI is InChI=1S/C22H26Cl2N2O4S2/c1-11(2)25-21(27)29-17-9-19(13(5)7-15(17)23)31-32-20-10-18(16(24)8-14(20)6)30-22(28)26-12(3)4/h7-12H,1-6H3,(H,25,27)(H,26,28). The molecule has 0 aromatic heterocycles. The van der Waals surface area contributed by atoms with Crippen LogP contribution in [0.5, 0.6) is 11.5 Å². The minimum atomic E-state index is -0.565. The molecule has 2 aromatic rings. The van der Waals surface area contributed by atoms with Crippen LogP contribution < -0.4 is 20.1 Å². The lowest BCUT2D eigenvalue weighted by molar-refractivity contribution is 0.196. The largest absolute Gasteiger partial charge is 0.412 e. The first-order chi connectivity index (χ1) is 15.0. The van der Waals surface area contributed by atoms with E-state index in [1.165, 1.54) is 21.6 Å². The third kappa shape index (κ3) is 7.99. The molecule has 0 spiro atoms. The number of ether oxygens (including phenoxy) is 2. The Morgan fingerprint density at radius 2 is 1.09 bits per heavy atom.